The minimum atomic E-state index is -0.752. The van der Waals surface area contributed by atoms with Crippen LogP contribution in [0.4, 0.5) is 4.79 Å². The van der Waals surface area contributed by atoms with Gasteiger partial charge in [0.25, 0.3) is 5.91 Å². The molecule has 1 heterocycles. The number of hydrogen-bond donors (Lipinski definition) is 0. The van der Waals surface area contributed by atoms with Crippen molar-refractivity contribution in [2.45, 2.75) is 0 Å². The van der Waals surface area contributed by atoms with Crippen molar-refractivity contribution in [2.24, 2.45) is 0 Å². The van der Waals surface area contributed by atoms with E-state index in [1.807, 2.05) is 0 Å². The number of nitrogens with zero attached hydrogens (tertiary/aromatic N) is 2. The van der Waals surface area contributed by atoms with Crippen molar-refractivity contribution in [3.8, 4) is 0 Å². The topological polar surface area (TPSA) is 77.8 Å². The van der Waals surface area contributed by atoms with Crippen LogP contribution in [-0.2, 0) is 14.3 Å². The van der Waals surface area contributed by atoms with Gasteiger partial charge in [0.05, 0.1) is 7.11 Å². The van der Waals surface area contributed by atoms with Crippen LogP contribution >= 0.6 is 0 Å². The summed E-state index contributed by atoms with van der Waals surface area (Å²) in [6.45, 7) is -0.401. The quantitative estimate of drug-likeness (QED) is 0.527. The Hall–Kier alpha value is -1.85. The van der Waals surface area contributed by atoms with Crippen LogP contribution in [0.1, 0.15) is 0 Å². The minimum absolute atomic E-state index is 0.401. The second kappa shape index (κ2) is 3.70. The number of ether oxygens (including phenoxy) is 1. The highest BCUT2D eigenvalue weighted by Crippen LogP contribution is 1.99. The highest BCUT2D eigenvalue weighted by Gasteiger charge is 2.25. The molecule has 0 atom stereocenters. The maximum Gasteiger partial charge on any atom is 0.350 e. The average Bonchev–Trinajstić information content (AvgIpc) is 2.11. The molecule has 6 heteroatoms. The molecule has 69 valence electrons. The van der Waals surface area contributed by atoms with Gasteiger partial charge in [-0.3, -0.25) is 9.59 Å². The van der Waals surface area contributed by atoms with Gasteiger partial charge < -0.3 is 4.74 Å². The molecule has 1 aliphatic rings. The van der Waals surface area contributed by atoms with Gasteiger partial charge in [-0.25, -0.2) is 15.0 Å². The van der Waals surface area contributed by atoms with Crippen molar-refractivity contribution in [3.63, 3.8) is 0 Å². The summed E-state index contributed by atoms with van der Waals surface area (Å²) in [5.74, 6) is -1.22. The van der Waals surface area contributed by atoms with Crippen molar-refractivity contribution >= 4 is 17.9 Å². The lowest BCUT2D eigenvalue weighted by molar-refractivity contribution is -0.144. The Morgan fingerprint density at radius 2 is 2.31 bits per heavy atom. The lowest BCUT2D eigenvalue weighted by Crippen LogP contribution is -2.44. The van der Waals surface area contributed by atoms with Crippen molar-refractivity contribution in [1.82, 2.24) is 10.2 Å². The molecule has 0 aromatic carbocycles. The average molecular weight is 183 g/mol. The van der Waals surface area contributed by atoms with Gasteiger partial charge in [-0.05, 0) is 0 Å². The number of imide groups is 1. The Labute approximate surface area is 74.1 Å². The first-order valence-corrected chi connectivity index (χ1v) is 3.45. The molecule has 13 heavy (non-hydrogen) atoms. The van der Waals surface area contributed by atoms with Crippen molar-refractivity contribution in [2.75, 3.05) is 13.7 Å². The van der Waals surface area contributed by atoms with E-state index in [4.69, 9.17) is 0 Å². The smallest absolute Gasteiger partial charge is 0.350 e. The van der Waals surface area contributed by atoms with Gasteiger partial charge in [0.1, 0.15) is 6.54 Å². The molecule has 0 aliphatic carbocycles. The largest absolute Gasteiger partial charge is 0.468 e. The monoisotopic (exact) mass is 183 g/mol. The standard InChI is InChI=1S/C7H7N2O4/c1-13-6(11)4-9-5(10)2-3-8-7(9)12/h2-3H,4H2,1H3. The number of carbonyl (C=O) groups is 3. The van der Waals surface area contributed by atoms with E-state index in [-0.39, 0.29) is 0 Å². The molecule has 0 saturated heterocycles. The predicted octanol–water partition coefficient (Wildman–Crippen LogP) is -0.760. The zero-order valence-electron chi connectivity index (χ0n) is 6.89. The van der Waals surface area contributed by atoms with Gasteiger partial charge >= 0.3 is 12.0 Å². The van der Waals surface area contributed by atoms with Gasteiger partial charge in [0, 0.05) is 12.3 Å². The van der Waals surface area contributed by atoms with E-state index >= 15 is 0 Å². The highest BCUT2D eigenvalue weighted by molar-refractivity contribution is 6.04. The summed E-state index contributed by atoms with van der Waals surface area (Å²) < 4.78 is 4.30. The van der Waals surface area contributed by atoms with Crippen LogP contribution in [0, 0.1) is 0 Å². The molecule has 0 aromatic heterocycles. The van der Waals surface area contributed by atoms with E-state index in [1.54, 1.807) is 0 Å². The van der Waals surface area contributed by atoms with Crippen LogP contribution in [0.15, 0.2) is 12.3 Å². The fraction of sp³-hybridized carbons (Fsp3) is 0.286. The van der Waals surface area contributed by atoms with Gasteiger partial charge in [-0.1, -0.05) is 0 Å². The Morgan fingerprint density at radius 1 is 1.62 bits per heavy atom. The SMILES string of the molecule is COC(=O)CN1C(=O)C=C[N]C1=O. The molecular weight excluding hydrogens is 176 g/mol. The van der Waals surface area contributed by atoms with Crippen LogP contribution in [0.25, 0.3) is 0 Å². The number of esters is 1. The number of rotatable bonds is 2. The zero-order valence-corrected chi connectivity index (χ0v) is 6.89. The fourth-order valence-corrected chi connectivity index (χ4v) is 0.758. The maximum atomic E-state index is 11.0. The number of urea groups is 1. The highest BCUT2D eigenvalue weighted by atomic mass is 16.5. The van der Waals surface area contributed by atoms with E-state index in [0.717, 1.165) is 12.3 Å². The lowest BCUT2D eigenvalue weighted by atomic mass is 10.4. The van der Waals surface area contributed by atoms with E-state index < -0.39 is 24.5 Å². The molecule has 1 aliphatic heterocycles. The fourth-order valence-electron chi connectivity index (χ4n) is 0.758. The van der Waals surface area contributed by atoms with Gasteiger partial charge in [-0.15, -0.1) is 0 Å². The first-order chi connectivity index (χ1) is 6.15. The number of hydrogen-bond acceptors (Lipinski definition) is 4. The number of carbonyl (C=O) groups excluding carboxylic acids is 3. The Bertz CT molecular complexity index is 284. The van der Waals surface area contributed by atoms with Crippen molar-refractivity contribution < 1.29 is 19.1 Å². The van der Waals surface area contributed by atoms with Crippen LogP contribution in [0.5, 0.6) is 0 Å². The zero-order chi connectivity index (χ0) is 9.84. The summed E-state index contributed by atoms with van der Waals surface area (Å²) in [6.07, 6.45) is 2.20. The van der Waals surface area contributed by atoms with Crippen molar-refractivity contribution in [1.29, 1.82) is 0 Å². The summed E-state index contributed by atoms with van der Waals surface area (Å²) >= 11 is 0. The maximum absolute atomic E-state index is 11.0. The van der Waals surface area contributed by atoms with Crippen LogP contribution in [0.3, 0.4) is 0 Å². The van der Waals surface area contributed by atoms with Crippen molar-refractivity contribution in [3.05, 3.63) is 12.3 Å². The van der Waals surface area contributed by atoms with E-state index in [9.17, 15) is 14.4 Å². The van der Waals surface area contributed by atoms with E-state index in [2.05, 4.69) is 10.1 Å². The molecule has 0 bridgehead atoms. The molecule has 3 amide bonds. The normalized spacial score (nSPS) is 15.6. The van der Waals surface area contributed by atoms with Gasteiger partial charge in [0.15, 0.2) is 0 Å². The second-order valence-corrected chi connectivity index (χ2v) is 2.23. The van der Waals surface area contributed by atoms with E-state index in [1.165, 1.54) is 7.11 Å². The first kappa shape index (κ1) is 9.24. The third kappa shape index (κ3) is 2.05. The Morgan fingerprint density at radius 3 is 2.85 bits per heavy atom. The molecule has 0 fully saturated rings. The van der Waals surface area contributed by atoms with Gasteiger partial charge in [0.2, 0.25) is 0 Å². The summed E-state index contributed by atoms with van der Waals surface area (Å²) in [5.41, 5.74) is 0. The minimum Gasteiger partial charge on any atom is -0.468 e. The summed E-state index contributed by atoms with van der Waals surface area (Å²) in [5, 5.41) is 3.33. The molecule has 0 aromatic rings. The van der Waals surface area contributed by atoms with Crippen LogP contribution in [-0.4, -0.2) is 36.5 Å². The third-order valence-electron chi connectivity index (χ3n) is 1.41. The third-order valence-corrected chi connectivity index (χ3v) is 1.41. The molecule has 1 rings (SSSR count). The molecule has 6 nitrogen and oxygen atoms in total. The molecular formula is C7H7N2O4. The van der Waals surface area contributed by atoms with Crippen LogP contribution in [0.2, 0.25) is 0 Å². The Kier molecular flexibility index (Phi) is 2.63. The van der Waals surface area contributed by atoms with Crippen LogP contribution < -0.4 is 5.32 Å². The Balaban J connectivity index is 2.67. The molecule has 0 unspecified atom stereocenters. The van der Waals surface area contributed by atoms with Gasteiger partial charge in [-0.2, -0.15) is 0 Å². The predicted molar refractivity (Wildman–Crippen MR) is 40.4 cm³/mol. The molecule has 0 spiro atoms. The first-order valence-electron chi connectivity index (χ1n) is 3.45. The lowest BCUT2D eigenvalue weighted by Gasteiger charge is -2.18. The molecule has 1 radical (unpaired) electrons. The number of methoxy groups -OCH3 is 1. The summed E-state index contributed by atoms with van der Waals surface area (Å²) in [7, 11) is 1.17. The number of amides is 3. The summed E-state index contributed by atoms with van der Waals surface area (Å²) in [4.78, 5) is 33.4. The molecule has 0 N–H and O–H groups in total. The summed E-state index contributed by atoms with van der Waals surface area (Å²) in [6, 6.07) is -0.752. The van der Waals surface area contributed by atoms with E-state index in [0.29, 0.717) is 4.90 Å². The molecule has 0 saturated carbocycles. The second-order valence-electron chi connectivity index (χ2n) is 2.23.